The average molecular weight is 364 g/mol. The van der Waals surface area contributed by atoms with Crippen molar-refractivity contribution in [1.29, 1.82) is 0 Å². The first kappa shape index (κ1) is 18.8. The molecule has 2 atom stereocenters. The Labute approximate surface area is 158 Å². The molecule has 0 amide bonds. The van der Waals surface area contributed by atoms with Crippen LogP contribution in [0.3, 0.4) is 0 Å². The zero-order valence-corrected chi connectivity index (χ0v) is 15.9. The van der Waals surface area contributed by atoms with Crippen LogP contribution in [-0.4, -0.2) is 15.4 Å². The van der Waals surface area contributed by atoms with Gasteiger partial charge in [0.15, 0.2) is 0 Å². The highest BCUT2D eigenvalue weighted by Gasteiger charge is 2.27. The van der Waals surface area contributed by atoms with E-state index in [-0.39, 0.29) is 30.0 Å². The molecule has 0 saturated heterocycles. The molecule has 5 heteroatoms. The summed E-state index contributed by atoms with van der Waals surface area (Å²) in [5, 5.41) is 0. The van der Waals surface area contributed by atoms with Crippen molar-refractivity contribution in [2.45, 2.75) is 39.7 Å². The number of aromatic nitrogens is 2. The summed E-state index contributed by atoms with van der Waals surface area (Å²) in [6.07, 6.45) is 0.865. The summed E-state index contributed by atoms with van der Waals surface area (Å²) in [6.45, 7) is 5.94. The Bertz CT molecular complexity index is 995. The van der Waals surface area contributed by atoms with Crippen LogP contribution in [0.2, 0.25) is 0 Å². The summed E-state index contributed by atoms with van der Waals surface area (Å²) in [7, 11) is 0. The molecule has 0 radical (unpaired) electrons. The van der Waals surface area contributed by atoms with Crippen molar-refractivity contribution in [3.05, 3.63) is 81.9 Å². The van der Waals surface area contributed by atoms with Gasteiger partial charge in [0, 0.05) is 11.8 Å². The van der Waals surface area contributed by atoms with E-state index in [0.717, 1.165) is 17.7 Å². The Morgan fingerprint density at radius 1 is 1.15 bits per heavy atom. The number of carbonyl (C=O) groups excluding carboxylic acids is 1. The predicted molar refractivity (Wildman–Crippen MR) is 105 cm³/mol. The molecule has 0 aliphatic heterocycles. The number of esters is 1. The molecule has 0 saturated carbocycles. The number of hydrogen-bond donors (Lipinski definition) is 0. The molecule has 0 spiro atoms. The lowest BCUT2D eigenvalue weighted by atomic mass is 9.86. The first-order valence-corrected chi connectivity index (χ1v) is 9.21. The third-order valence-corrected chi connectivity index (χ3v) is 4.92. The molecule has 2 aromatic heterocycles. The Morgan fingerprint density at radius 3 is 2.59 bits per heavy atom. The summed E-state index contributed by atoms with van der Waals surface area (Å²) < 4.78 is 7.09. The normalized spacial score (nSPS) is 13.3. The number of fused-ring (bicyclic) bond motifs is 1. The Morgan fingerprint density at radius 2 is 1.89 bits per heavy atom. The topological polar surface area (TPSA) is 60.7 Å². The highest BCUT2D eigenvalue weighted by Crippen LogP contribution is 2.28. The molecule has 0 N–H and O–H groups in total. The van der Waals surface area contributed by atoms with E-state index in [1.807, 2.05) is 56.3 Å². The fraction of sp³-hybridized carbons (Fsp3) is 0.318. The van der Waals surface area contributed by atoms with Crippen molar-refractivity contribution < 1.29 is 9.53 Å². The van der Waals surface area contributed by atoms with Crippen molar-refractivity contribution in [2.24, 2.45) is 5.92 Å². The largest absolute Gasteiger partial charge is 0.459 e. The lowest BCUT2D eigenvalue weighted by Gasteiger charge is -2.21. The molecule has 0 unspecified atom stereocenters. The smallest absolute Gasteiger partial charge is 0.314 e. The molecule has 27 heavy (non-hydrogen) atoms. The van der Waals surface area contributed by atoms with Crippen LogP contribution in [0, 0.1) is 12.8 Å². The fourth-order valence-corrected chi connectivity index (χ4v) is 3.27. The standard InChI is InChI=1S/C22H24N2O3/c1-4-15(2)21(17-10-6-5-7-11-17)22(26)27-14-18-13-20(25)24-16(3)9-8-12-19(24)23-18/h5-13,15,21H,4,14H2,1-3H3/t15-,21+/m1/s1. The zero-order chi connectivity index (χ0) is 19.4. The number of nitrogens with zero attached hydrogens (tertiary/aromatic N) is 2. The van der Waals surface area contributed by atoms with Crippen molar-refractivity contribution in [1.82, 2.24) is 9.38 Å². The van der Waals surface area contributed by atoms with Crippen LogP contribution in [0.4, 0.5) is 0 Å². The van der Waals surface area contributed by atoms with Crippen LogP contribution in [-0.2, 0) is 16.1 Å². The number of rotatable bonds is 6. The van der Waals surface area contributed by atoms with Crippen LogP contribution in [0.15, 0.2) is 59.4 Å². The van der Waals surface area contributed by atoms with Gasteiger partial charge in [-0.2, -0.15) is 0 Å². The van der Waals surface area contributed by atoms with Gasteiger partial charge in [0.25, 0.3) is 5.56 Å². The van der Waals surface area contributed by atoms with Gasteiger partial charge in [-0.1, -0.05) is 56.7 Å². The van der Waals surface area contributed by atoms with Crippen LogP contribution >= 0.6 is 0 Å². The van der Waals surface area contributed by atoms with E-state index in [0.29, 0.717) is 11.3 Å². The van der Waals surface area contributed by atoms with Crippen molar-refractivity contribution >= 4 is 11.6 Å². The second-order valence-electron chi connectivity index (χ2n) is 6.83. The summed E-state index contributed by atoms with van der Waals surface area (Å²) >= 11 is 0. The Balaban J connectivity index is 1.81. The first-order chi connectivity index (χ1) is 13.0. The lowest BCUT2D eigenvalue weighted by molar-refractivity contribution is -0.148. The second-order valence-corrected chi connectivity index (χ2v) is 6.83. The van der Waals surface area contributed by atoms with E-state index in [9.17, 15) is 9.59 Å². The monoisotopic (exact) mass is 364 g/mol. The van der Waals surface area contributed by atoms with Crippen LogP contribution in [0.1, 0.15) is 43.1 Å². The zero-order valence-electron chi connectivity index (χ0n) is 15.9. The summed E-state index contributed by atoms with van der Waals surface area (Å²) in [6, 6.07) is 16.6. The number of pyridine rings is 1. The van der Waals surface area contributed by atoms with Crippen LogP contribution < -0.4 is 5.56 Å². The fourth-order valence-electron chi connectivity index (χ4n) is 3.27. The van der Waals surface area contributed by atoms with Gasteiger partial charge in [-0.15, -0.1) is 0 Å². The molecule has 0 aliphatic carbocycles. The SMILES string of the molecule is CC[C@@H](C)[C@H](C(=O)OCc1cc(=O)n2c(C)cccc2n1)c1ccccc1. The van der Waals surface area contributed by atoms with Crippen molar-refractivity contribution in [3.63, 3.8) is 0 Å². The van der Waals surface area contributed by atoms with Gasteiger partial charge < -0.3 is 4.74 Å². The van der Waals surface area contributed by atoms with E-state index in [2.05, 4.69) is 11.9 Å². The lowest BCUT2D eigenvalue weighted by Crippen LogP contribution is -2.23. The van der Waals surface area contributed by atoms with E-state index >= 15 is 0 Å². The summed E-state index contributed by atoms with van der Waals surface area (Å²) in [4.78, 5) is 29.6. The highest BCUT2D eigenvalue weighted by atomic mass is 16.5. The molecule has 3 rings (SSSR count). The van der Waals surface area contributed by atoms with Gasteiger partial charge in [-0.05, 0) is 30.5 Å². The Kier molecular flexibility index (Phi) is 5.69. The number of carbonyl (C=O) groups is 1. The average Bonchev–Trinajstić information content (AvgIpc) is 2.67. The molecule has 0 aliphatic rings. The van der Waals surface area contributed by atoms with Crippen molar-refractivity contribution in [2.75, 3.05) is 0 Å². The number of hydrogen-bond acceptors (Lipinski definition) is 4. The number of ether oxygens (including phenoxy) is 1. The molecule has 0 bridgehead atoms. The van der Waals surface area contributed by atoms with Crippen LogP contribution in [0.25, 0.3) is 5.65 Å². The van der Waals surface area contributed by atoms with Gasteiger partial charge in [0.05, 0.1) is 11.6 Å². The van der Waals surface area contributed by atoms with Gasteiger partial charge in [-0.3, -0.25) is 14.0 Å². The van der Waals surface area contributed by atoms with E-state index in [4.69, 9.17) is 4.74 Å². The highest BCUT2D eigenvalue weighted by molar-refractivity contribution is 5.78. The minimum absolute atomic E-state index is 0.0156. The Hall–Kier alpha value is -2.95. The minimum atomic E-state index is -0.333. The molecular formula is C22H24N2O3. The molecule has 5 nitrogen and oxygen atoms in total. The maximum absolute atomic E-state index is 12.8. The minimum Gasteiger partial charge on any atom is -0.459 e. The summed E-state index contributed by atoms with van der Waals surface area (Å²) in [5.41, 5.74) is 2.59. The quantitative estimate of drug-likeness (QED) is 0.623. The van der Waals surface area contributed by atoms with Gasteiger partial charge in [0.2, 0.25) is 0 Å². The van der Waals surface area contributed by atoms with Gasteiger partial charge in [0.1, 0.15) is 12.3 Å². The van der Waals surface area contributed by atoms with Crippen molar-refractivity contribution in [3.8, 4) is 0 Å². The predicted octanol–water partition coefficient (Wildman–Crippen LogP) is 3.88. The molecule has 3 aromatic rings. The molecule has 140 valence electrons. The third kappa shape index (κ3) is 4.08. The molecule has 0 fully saturated rings. The third-order valence-electron chi connectivity index (χ3n) is 4.92. The second kappa shape index (κ2) is 8.16. The summed E-state index contributed by atoms with van der Waals surface area (Å²) in [5.74, 6) is -0.473. The van der Waals surface area contributed by atoms with E-state index in [1.165, 1.54) is 10.5 Å². The van der Waals surface area contributed by atoms with Gasteiger partial charge in [-0.25, -0.2) is 4.98 Å². The molecule has 2 heterocycles. The maximum Gasteiger partial charge on any atom is 0.314 e. The maximum atomic E-state index is 12.8. The number of aryl methyl sites for hydroxylation is 1. The molecule has 1 aromatic carbocycles. The van der Waals surface area contributed by atoms with Crippen LogP contribution in [0.5, 0.6) is 0 Å². The van der Waals surface area contributed by atoms with E-state index in [1.54, 1.807) is 6.07 Å². The van der Waals surface area contributed by atoms with Gasteiger partial charge >= 0.3 is 5.97 Å². The molecular weight excluding hydrogens is 340 g/mol. The van der Waals surface area contributed by atoms with E-state index < -0.39 is 0 Å². The number of benzene rings is 1. The first-order valence-electron chi connectivity index (χ1n) is 9.21.